The maximum atomic E-state index is 10.6. The van der Waals surface area contributed by atoms with Crippen molar-refractivity contribution >= 4 is 13.9 Å². The fraction of sp³-hybridized carbons (Fsp3) is 1.00. The van der Waals surface area contributed by atoms with E-state index in [9.17, 15) is 14.7 Å². The number of hydrogen-bond donors (Lipinski definition) is 3. The van der Waals surface area contributed by atoms with Gasteiger partial charge in [-0.3, -0.25) is 0 Å². The van der Waals surface area contributed by atoms with E-state index in [4.69, 9.17) is 0 Å². The summed E-state index contributed by atoms with van der Waals surface area (Å²) in [6, 6.07) is 0. The summed E-state index contributed by atoms with van der Waals surface area (Å²) in [6.07, 6.45) is 9.05. The van der Waals surface area contributed by atoms with Gasteiger partial charge in [-0.25, -0.2) is 0 Å². The van der Waals surface area contributed by atoms with Crippen molar-refractivity contribution < 1.29 is 14.7 Å². The van der Waals surface area contributed by atoms with Gasteiger partial charge in [-0.05, 0) is 0 Å². The van der Waals surface area contributed by atoms with E-state index in [1.54, 1.807) is 0 Å². The molecule has 0 unspecified atom stereocenters. The zero-order valence-corrected chi connectivity index (χ0v) is 16.7. The van der Waals surface area contributed by atoms with Gasteiger partial charge in [0.2, 0.25) is 0 Å². The number of unbranched alkanes of at least 4 members (excludes halogenated alkanes) is 4. The second kappa shape index (κ2) is 9.78. The first kappa shape index (κ1) is 21.7. The van der Waals surface area contributed by atoms with Crippen molar-refractivity contribution in [3.8, 4) is 0 Å². The monoisotopic (exact) mass is 342 g/mol. The summed E-state index contributed by atoms with van der Waals surface area (Å²) in [6.45, 7) is 8.61. The summed E-state index contributed by atoms with van der Waals surface area (Å²) in [5.74, 6) is 0. The Morgan fingerprint density at radius 2 is 0.810 bits per heavy atom. The van der Waals surface area contributed by atoms with Crippen molar-refractivity contribution in [2.24, 2.45) is 0 Å². The van der Waals surface area contributed by atoms with Crippen LogP contribution in [0.4, 0.5) is 0 Å². The molecule has 0 fully saturated rings. The molecule has 0 rings (SSSR count). The van der Waals surface area contributed by atoms with Crippen LogP contribution in [0.2, 0.25) is 0 Å². The van der Waals surface area contributed by atoms with E-state index < -0.39 is 13.9 Å². The first-order valence-corrected chi connectivity index (χ1v) is 14.6. The van der Waals surface area contributed by atoms with Gasteiger partial charge in [0, 0.05) is 0 Å². The molecule has 21 heavy (non-hydrogen) atoms. The van der Waals surface area contributed by atoms with Gasteiger partial charge in [0.1, 0.15) is 0 Å². The van der Waals surface area contributed by atoms with E-state index in [-0.39, 0.29) is 0 Å². The SMILES string of the molecule is CCCCP(CCCC)(CCCC)(CCCC)[PH](O)(O)O. The molecule has 3 N–H and O–H groups in total. The zero-order valence-electron chi connectivity index (χ0n) is 14.8. The first-order valence-electron chi connectivity index (χ1n) is 8.99. The second-order valence-corrected chi connectivity index (χ2v) is 19.4. The van der Waals surface area contributed by atoms with Crippen LogP contribution in [0.5, 0.6) is 0 Å². The molecule has 0 aliphatic heterocycles. The normalized spacial score (nSPS) is 15.7. The fourth-order valence-corrected chi connectivity index (χ4v) is 16.2. The molecule has 132 valence electrons. The van der Waals surface area contributed by atoms with Crippen LogP contribution >= 0.6 is 13.9 Å². The van der Waals surface area contributed by atoms with Crippen LogP contribution in [0.1, 0.15) is 79.1 Å². The number of hydrogen-bond acceptors (Lipinski definition) is 3. The first-order chi connectivity index (χ1) is 9.82. The Hall–Kier alpha value is 0.740. The standard InChI is InChI=1S/C16H40O3P2/c1-5-9-13-21(14-10-6-2,15-11-7-3,16-12-8-4)20(17,18)19/h17-20H,5-16H2,1-4H3. The Labute approximate surface area is 133 Å². The molecule has 0 saturated heterocycles. The van der Waals surface area contributed by atoms with Crippen LogP contribution in [0.3, 0.4) is 0 Å². The van der Waals surface area contributed by atoms with Gasteiger partial charge in [0.25, 0.3) is 0 Å². The Bertz CT molecular complexity index is 234. The average molecular weight is 342 g/mol. The van der Waals surface area contributed by atoms with Crippen LogP contribution in [-0.4, -0.2) is 39.3 Å². The quantitative estimate of drug-likeness (QED) is 0.407. The van der Waals surface area contributed by atoms with Crippen LogP contribution in [0.15, 0.2) is 0 Å². The molecule has 0 saturated carbocycles. The molecule has 0 spiro atoms. The Balaban J connectivity index is 5.70. The molecule has 0 radical (unpaired) electrons. The Morgan fingerprint density at radius 3 is 0.952 bits per heavy atom. The average Bonchev–Trinajstić information content (AvgIpc) is 2.45. The van der Waals surface area contributed by atoms with Gasteiger partial charge in [0.05, 0.1) is 0 Å². The molecule has 0 aliphatic carbocycles. The molecule has 3 nitrogen and oxygen atoms in total. The van der Waals surface area contributed by atoms with E-state index in [0.717, 1.165) is 76.0 Å². The minimum absolute atomic E-state index is 0.887. The van der Waals surface area contributed by atoms with Crippen LogP contribution in [0.25, 0.3) is 0 Å². The van der Waals surface area contributed by atoms with Gasteiger partial charge in [0.15, 0.2) is 0 Å². The molecular formula is C16H40O3P2. The van der Waals surface area contributed by atoms with Crippen molar-refractivity contribution in [1.82, 2.24) is 0 Å². The summed E-state index contributed by atoms with van der Waals surface area (Å²) >= 11 is 0. The molecule has 0 atom stereocenters. The van der Waals surface area contributed by atoms with Crippen molar-refractivity contribution in [2.75, 3.05) is 24.6 Å². The third-order valence-electron chi connectivity index (χ3n) is 5.24. The van der Waals surface area contributed by atoms with Gasteiger partial charge in [-0.15, -0.1) is 0 Å². The molecule has 0 aliphatic rings. The topological polar surface area (TPSA) is 60.7 Å². The summed E-state index contributed by atoms with van der Waals surface area (Å²) in [7, 11) is -4.11. The summed E-state index contributed by atoms with van der Waals surface area (Å²) in [4.78, 5) is 31.8. The predicted molar refractivity (Wildman–Crippen MR) is 101 cm³/mol. The molecule has 0 heterocycles. The van der Waals surface area contributed by atoms with Crippen molar-refractivity contribution in [3.05, 3.63) is 0 Å². The molecule has 5 heteroatoms. The van der Waals surface area contributed by atoms with Crippen LogP contribution in [-0.2, 0) is 0 Å². The van der Waals surface area contributed by atoms with Gasteiger partial charge in [-0.1, -0.05) is 0 Å². The Morgan fingerprint density at radius 1 is 0.571 bits per heavy atom. The molecule has 0 amide bonds. The van der Waals surface area contributed by atoms with Crippen molar-refractivity contribution in [2.45, 2.75) is 79.1 Å². The molecular weight excluding hydrogens is 302 g/mol. The predicted octanol–water partition coefficient (Wildman–Crippen LogP) is 5.13. The Kier molecular flexibility index (Phi) is 10.1. The van der Waals surface area contributed by atoms with Gasteiger partial charge in [-0.2, -0.15) is 0 Å². The van der Waals surface area contributed by atoms with E-state index in [0.29, 0.717) is 0 Å². The molecule has 0 aromatic heterocycles. The molecule has 0 aromatic carbocycles. The van der Waals surface area contributed by atoms with Crippen LogP contribution in [0, 0.1) is 0 Å². The van der Waals surface area contributed by atoms with Gasteiger partial charge < -0.3 is 0 Å². The summed E-state index contributed by atoms with van der Waals surface area (Å²) in [5, 5.41) is 0. The van der Waals surface area contributed by atoms with Crippen molar-refractivity contribution in [3.63, 3.8) is 0 Å². The van der Waals surface area contributed by atoms with Crippen LogP contribution < -0.4 is 0 Å². The number of rotatable bonds is 13. The molecule has 0 aromatic rings. The summed E-state index contributed by atoms with van der Waals surface area (Å²) < 4.78 is 0. The van der Waals surface area contributed by atoms with E-state index in [1.165, 1.54) is 0 Å². The summed E-state index contributed by atoms with van der Waals surface area (Å²) in [5.41, 5.74) is 0. The maximum absolute atomic E-state index is 10.6. The molecule has 0 bridgehead atoms. The minimum atomic E-state index is -4.11. The van der Waals surface area contributed by atoms with Gasteiger partial charge >= 0.3 is 132 Å². The van der Waals surface area contributed by atoms with E-state index >= 15 is 0 Å². The second-order valence-electron chi connectivity index (χ2n) is 6.88. The third kappa shape index (κ3) is 5.40. The third-order valence-corrected chi connectivity index (χ3v) is 20.7. The zero-order chi connectivity index (χ0) is 16.4. The fourth-order valence-electron chi connectivity index (χ4n) is 3.56. The van der Waals surface area contributed by atoms with Crippen molar-refractivity contribution in [1.29, 1.82) is 0 Å². The van der Waals surface area contributed by atoms with E-state index in [1.807, 2.05) is 0 Å². The van der Waals surface area contributed by atoms with E-state index in [2.05, 4.69) is 27.7 Å².